The van der Waals surface area contributed by atoms with Gasteiger partial charge in [0.2, 0.25) is 5.82 Å². The molecule has 1 aliphatic rings. The predicted octanol–water partition coefficient (Wildman–Crippen LogP) is 6.46. The van der Waals surface area contributed by atoms with Crippen molar-refractivity contribution < 1.29 is 8.94 Å². The molecule has 5 rings (SSSR count). The number of aromatic nitrogens is 2. The monoisotopic (exact) mass is 490 g/mol. The third kappa shape index (κ3) is 4.24. The second kappa shape index (κ2) is 9.08. The van der Waals surface area contributed by atoms with Gasteiger partial charge in [-0.2, -0.15) is 4.98 Å². The SMILES string of the molecule is CC1=C(c2nc(-c3cccc(Cl)c3)no2)C(c2ccc(C)c(C)c2)NC(=S)N1Cc1ccco1. The highest BCUT2D eigenvalue weighted by atomic mass is 35.5. The van der Waals surface area contributed by atoms with E-state index in [0.717, 1.165) is 28.2 Å². The van der Waals surface area contributed by atoms with Crippen molar-refractivity contribution in [1.29, 1.82) is 0 Å². The van der Waals surface area contributed by atoms with Gasteiger partial charge in [0.05, 0.1) is 24.4 Å². The Morgan fingerprint density at radius 1 is 1.06 bits per heavy atom. The maximum atomic E-state index is 6.17. The summed E-state index contributed by atoms with van der Waals surface area (Å²) in [4.78, 5) is 6.73. The number of hydrogen-bond acceptors (Lipinski definition) is 5. The van der Waals surface area contributed by atoms with Crippen molar-refractivity contribution in [3.8, 4) is 11.4 Å². The summed E-state index contributed by atoms with van der Waals surface area (Å²) in [5, 5.41) is 8.95. The largest absolute Gasteiger partial charge is 0.467 e. The molecular formula is C26H23ClN4O2S. The zero-order valence-electron chi connectivity index (χ0n) is 19.0. The lowest BCUT2D eigenvalue weighted by Crippen LogP contribution is -2.45. The summed E-state index contributed by atoms with van der Waals surface area (Å²) >= 11 is 11.9. The Bertz CT molecular complexity index is 1390. The zero-order chi connectivity index (χ0) is 23.8. The Labute approximate surface area is 208 Å². The Hall–Kier alpha value is -3.42. The number of nitrogens with one attached hydrogen (secondary N) is 1. The smallest absolute Gasteiger partial charge is 0.258 e. The molecule has 0 fully saturated rings. The molecule has 172 valence electrons. The van der Waals surface area contributed by atoms with Crippen LogP contribution in [0.2, 0.25) is 5.02 Å². The Balaban J connectivity index is 1.62. The van der Waals surface area contributed by atoms with Gasteiger partial charge >= 0.3 is 0 Å². The Morgan fingerprint density at radius 3 is 2.65 bits per heavy atom. The summed E-state index contributed by atoms with van der Waals surface area (Å²) in [6.45, 7) is 6.70. The van der Waals surface area contributed by atoms with Crippen LogP contribution in [0.3, 0.4) is 0 Å². The van der Waals surface area contributed by atoms with E-state index in [1.807, 2.05) is 48.2 Å². The summed E-state index contributed by atoms with van der Waals surface area (Å²) in [7, 11) is 0. The van der Waals surface area contributed by atoms with Crippen LogP contribution in [0, 0.1) is 13.8 Å². The first-order chi connectivity index (χ1) is 16.4. The minimum Gasteiger partial charge on any atom is -0.467 e. The number of allylic oxidation sites excluding steroid dienone is 1. The van der Waals surface area contributed by atoms with E-state index in [1.165, 1.54) is 11.1 Å². The van der Waals surface area contributed by atoms with Crippen molar-refractivity contribution in [2.24, 2.45) is 0 Å². The van der Waals surface area contributed by atoms with E-state index in [0.29, 0.717) is 28.4 Å². The fourth-order valence-corrected chi connectivity index (χ4v) is 4.59. The standard InChI is InChI=1S/C26H23ClN4O2S/c1-15-9-10-18(12-16(15)2)23-22(17(3)31(26(34)28-23)14-21-8-5-11-32-21)25-29-24(30-33-25)19-6-4-7-20(27)13-19/h4-13,23H,14H2,1-3H3,(H,28,34). The van der Waals surface area contributed by atoms with Crippen LogP contribution < -0.4 is 5.32 Å². The number of hydrogen-bond donors (Lipinski definition) is 1. The normalized spacial score (nSPS) is 16.2. The number of rotatable bonds is 5. The first kappa shape index (κ1) is 22.4. The maximum Gasteiger partial charge on any atom is 0.258 e. The average Bonchev–Trinajstić information content (AvgIpc) is 3.50. The van der Waals surface area contributed by atoms with Crippen LogP contribution in [0.4, 0.5) is 0 Å². The van der Waals surface area contributed by atoms with Crippen LogP contribution in [0.25, 0.3) is 17.0 Å². The van der Waals surface area contributed by atoms with Crippen molar-refractivity contribution in [1.82, 2.24) is 20.4 Å². The molecular weight excluding hydrogens is 468 g/mol. The van der Waals surface area contributed by atoms with Crippen molar-refractivity contribution in [3.63, 3.8) is 0 Å². The first-order valence-corrected chi connectivity index (χ1v) is 11.7. The molecule has 0 radical (unpaired) electrons. The highest BCUT2D eigenvalue weighted by Gasteiger charge is 2.34. The van der Waals surface area contributed by atoms with Crippen LogP contribution in [0.15, 0.2) is 75.5 Å². The molecule has 0 amide bonds. The third-order valence-corrected chi connectivity index (χ3v) is 6.67. The van der Waals surface area contributed by atoms with Crippen LogP contribution >= 0.6 is 23.8 Å². The van der Waals surface area contributed by atoms with E-state index in [1.54, 1.807) is 6.26 Å². The van der Waals surface area contributed by atoms with Gasteiger partial charge in [-0.25, -0.2) is 0 Å². The summed E-state index contributed by atoms with van der Waals surface area (Å²) in [5.74, 6) is 1.70. The van der Waals surface area contributed by atoms with Crippen molar-refractivity contribution in [3.05, 3.63) is 99.9 Å². The van der Waals surface area contributed by atoms with Crippen molar-refractivity contribution in [2.75, 3.05) is 0 Å². The lowest BCUT2D eigenvalue weighted by molar-refractivity contribution is 0.382. The van der Waals surface area contributed by atoms with Gasteiger partial charge in [-0.15, -0.1) is 0 Å². The Morgan fingerprint density at radius 2 is 1.91 bits per heavy atom. The zero-order valence-corrected chi connectivity index (χ0v) is 20.6. The van der Waals surface area contributed by atoms with E-state index < -0.39 is 0 Å². The molecule has 1 N–H and O–H groups in total. The summed E-state index contributed by atoms with van der Waals surface area (Å²) in [6, 6.07) is 17.3. The van der Waals surface area contributed by atoms with Gasteiger partial charge in [0.1, 0.15) is 5.76 Å². The second-order valence-corrected chi connectivity index (χ2v) is 9.15. The molecule has 2 aromatic heterocycles. The molecule has 0 spiro atoms. The predicted molar refractivity (Wildman–Crippen MR) is 136 cm³/mol. The van der Waals surface area contributed by atoms with Gasteiger partial charge in [0, 0.05) is 16.3 Å². The van der Waals surface area contributed by atoms with Crippen LogP contribution in [-0.4, -0.2) is 20.2 Å². The quantitative estimate of drug-likeness (QED) is 0.322. The van der Waals surface area contributed by atoms with Gasteiger partial charge in [-0.1, -0.05) is 47.1 Å². The van der Waals surface area contributed by atoms with Crippen molar-refractivity contribution >= 4 is 34.5 Å². The number of furan rings is 1. The number of halogens is 1. The average molecular weight is 491 g/mol. The van der Waals surface area contributed by atoms with Gasteiger partial charge in [-0.05, 0) is 73.9 Å². The fourth-order valence-electron chi connectivity index (χ4n) is 4.08. The van der Waals surface area contributed by atoms with E-state index in [2.05, 4.69) is 42.5 Å². The van der Waals surface area contributed by atoms with Gasteiger partial charge in [-0.3, -0.25) is 0 Å². The van der Waals surface area contributed by atoms with E-state index in [-0.39, 0.29) is 6.04 Å². The third-order valence-electron chi connectivity index (χ3n) is 6.09. The molecule has 6 nitrogen and oxygen atoms in total. The lowest BCUT2D eigenvalue weighted by Gasteiger charge is -2.37. The minimum atomic E-state index is -0.243. The maximum absolute atomic E-state index is 6.17. The second-order valence-electron chi connectivity index (χ2n) is 8.32. The lowest BCUT2D eigenvalue weighted by atomic mass is 9.92. The van der Waals surface area contributed by atoms with Gasteiger partial charge < -0.3 is 19.2 Å². The molecule has 1 aliphatic heterocycles. The topological polar surface area (TPSA) is 67.3 Å². The number of nitrogens with zero attached hydrogens (tertiary/aromatic N) is 3. The molecule has 1 atom stereocenters. The number of aryl methyl sites for hydroxylation is 2. The molecule has 0 saturated carbocycles. The molecule has 1 unspecified atom stereocenters. The number of benzene rings is 2. The van der Waals surface area contributed by atoms with E-state index in [4.69, 9.17) is 37.7 Å². The molecule has 8 heteroatoms. The molecule has 0 aliphatic carbocycles. The van der Waals surface area contributed by atoms with E-state index in [9.17, 15) is 0 Å². The number of thiocarbonyl (C=S) groups is 1. The summed E-state index contributed by atoms with van der Waals surface area (Å²) in [6.07, 6.45) is 1.66. The van der Waals surface area contributed by atoms with Gasteiger partial charge in [0.15, 0.2) is 5.11 Å². The molecule has 34 heavy (non-hydrogen) atoms. The van der Waals surface area contributed by atoms with Crippen molar-refractivity contribution in [2.45, 2.75) is 33.4 Å². The van der Waals surface area contributed by atoms with Crippen LogP contribution in [0.5, 0.6) is 0 Å². The Kier molecular flexibility index (Phi) is 5.98. The first-order valence-electron chi connectivity index (χ1n) is 10.9. The molecule has 0 bridgehead atoms. The molecule has 2 aromatic carbocycles. The summed E-state index contributed by atoms with van der Waals surface area (Å²) < 4.78 is 11.4. The molecule has 3 heterocycles. The minimum absolute atomic E-state index is 0.243. The molecule has 4 aromatic rings. The van der Waals surface area contributed by atoms with Gasteiger partial charge in [0.25, 0.3) is 5.89 Å². The fraction of sp³-hybridized carbons (Fsp3) is 0.192. The van der Waals surface area contributed by atoms with Crippen LogP contribution in [0.1, 0.15) is 41.3 Å². The molecule has 0 saturated heterocycles. The van der Waals surface area contributed by atoms with E-state index >= 15 is 0 Å². The van der Waals surface area contributed by atoms with Crippen LogP contribution in [-0.2, 0) is 6.54 Å². The summed E-state index contributed by atoms with van der Waals surface area (Å²) in [5.41, 5.74) is 6.07. The highest BCUT2D eigenvalue weighted by molar-refractivity contribution is 7.80. The highest BCUT2D eigenvalue weighted by Crippen LogP contribution is 2.38.